The lowest BCUT2D eigenvalue weighted by Gasteiger charge is -2.37. The summed E-state index contributed by atoms with van der Waals surface area (Å²) in [6.07, 6.45) is 2.63. The van der Waals surface area contributed by atoms with Gasteiger partial charge in [-0.3, -0.25) is 4.79 Å². The molecule has 1 saturated carbocycles. The van der Waals surface area contributed by atoms with Crippen LogP contribution < -0.4 is 5.73 Å². The quantitative estimate of drug-likeness (QED) is 0.803. The molecule has 1 aromatic carbocycles. The molecule has 2 rings (SSSR count). The van der Waals surface area contributed by atoms with Crippen LogP contribution in [0.2, 0.25) is 0 Å². The number of nitrogens with two attached hydrogens (primary N) is 1. The molecule has 86 valence electrons. The van der Waals surface area contributed by atoms with Crippen LogP contribution in [0.5, 0.6) is 0 Å². The highest BCUT2D eigenvalue weighted by molar-refractivity contribution is 5.97. The third-order valence-electron chi connectivity index (χ3n) is 3.11. The number of ketones is 1. The van der Waals surface area contributed by atoms with Gasteiger partial charge in [0.1, 0.15) is 0 Å². The molecular formula is C12H13F2NO. The fourth-order valence-corrected chi connectivity index (χ4v) is 1.94. The molecule has 0 bridgehead atoms. The van der Waals surface area contributed by atoms with Gasteiger partial charge in [0.05, 0.1) is 5.56 Å². The lowest BCUT2D eigenvalue weighted by atomic mass is 9.74. The molecule has 0 amide bonds. The average molecular weight is 225 g/mol. The minimum absolute atomic E-state index is 0.0906. The van der Waals surface area contributed by atoms with Crippen LogP contribution in [0.25, 0.3) is 0 Å². The molecule has 0 atom stereocenters. The van der Waals surface area contributed by atoms with E-state index in [1.807, 2.05) is 0 Å². The van der Waals surface area contributed by atoms with Crippen molar-refractivity contribution in [3.05, 3.63) is 35.4 Å². The predicted molar refractivity (Wildman–Crippen MR) is 56.1 cm³/mol. The molecule has 1 fully saturated rings. The van der Waals surface area contributed by atoms with E-state index in [1.165, 1.54) is 12.1 Å². The van der Waals surface area contributed by atoms with Crippen molar-refractivity contribution < 1.29 is 13.6 Å². The molecule has 0 radical (unpaired) electrons. The highest BCUT2D eigenvalue weighted by Gasteiger charge is 2.35. The van der Waals surface area contributed by atoms with Gasteiger partial charge in [0.25, 0.3) is 0 Å². The Morgan fingerprint density at radius 2 is 2.06 bits per heavy atom. The molecule has 0 aliphatic heterocycles. The van der Waals surface area contributed by atoms with E-state index in [0.717, 1.165) is 25.3 Å². The van der Waals surface area contributed by atoms with Crippen LogP contribution in [-0.4, -0.2) is 11.3 Å². The molecular weight excluding hydrogens is 212 g/mol. The summed E-state index contributed by atoms with van der Waals surface area (Å²) in [7, 11) is 0. The lowest BCUT2D eigenvalue weighted by Crippen LogP contribution is -2.48. The first-order valence-electron chi connectivity index (χ1n) is 5.28. The van der Waals surface area contributed by atoms with Crippen LogP contribution >= 0.6 is 0 Å². The first-order valence-corrected chi connectivity index (χ1v) is 5.28. The predicted octanol–water partition coefficient (Wildman–Crippen LogP) is 2.42. The summed E-state index contributed by atoms with van der Waals surface area (Å²) in [6.45, 7) is 0. The molecule has 1 aliphatic rings. The minimum atomic E-state index is -1.07. The summed E-state index contributed by atoms with van der Waals surface area (Å²) in [5.74, 6) is -2.49. The smallest absolute Gasteiger partial charge is 0.169 e. The standard InChI is InChI=1S/C12H13F2NO/c13-9-4-1-3-8(11(9)14)10(16)7-12(15)5-2-6-12/h1,3-4H,2,5-7,15H2. The van der Waals surface area contributed by atoms with Crippen LogP contribution in [0.4, 0.5) is 8.78 Å². The highest BCUT2D eigenvalue weighted by atomic mass is 19.2. The second-order valence-corrected chi connectivity index (χ2v) is 4.42. The Bertz CT molecular complexity index is 427. The topological polar surface area (TPSA) is 43.1 Å². The maximum atomic E-state index is 13.3. The molecule has 1 aliphatic carbocycles. The van der Waals surface area contributed by atoms with E-state index in [4.69, 9.17) is 5.73 Å². The summed E-state index contributed by atoms with van der Waals surface area (Å²) < 4.78 is 26.2. The van der Waals surface area contributed by atoms with Crippen LogP contribution in [0.15, 0.2) is 18.2 Å². The van der Waals surface area contributed by atoms with Crippen LogP contribution in [0, 0.1) is 11.6 Å². The third-order valence-corrected chi connectivity index (χ3v) is 3.11. The van der Waals surface area contributed by atoms with E-state index in [2.05, 4.69) is 0 Å². The van der Waals surface area contributed by atoms with E-state index >= 15 is 0 Å². The third kappa shape index (κ3) is 1.97. The molecule has 1 aromatic rings. The first-order chi connectivity index (χ1) is 7.52. The first kappa shape index (κ1) is 11.2. The summed E-state index contributed by atoms with van der Waals surface area (Å²) in [4.78, 5) is 11.7. The van der Waals surface area contributed by atoms with Gasteiger partial charge in [-0.2, -0.15) is 0 Å². The van der Waals surface area contributed by atoms with Gasteiger partial charge in [-0.25, -0.2) is 8.78 Å². The molecule has 2 nitrogen and oxygen atoms in total. The van der Waals surface area contributed by atoms with Crippen molar-refractivity contribution >= 4 is 5.78 Å². The number of carbonyl (C=O) groups excluding carboxylic acids is 1. The van der Waals surface area contributed by atoms with Gasteiger partial charge in [-0.1, -0.05) is 6.07 Å². The van der Waals surface area contributed by atoms with E-state index in [1.54, 1.807) is 0 Å². The molecule has 0 saturated heterocycles. The Kier molecular flexibility index (Phi) is 2.76. The number of Topliss-reactive ketones (excluding diaryl/α,β-unsaturated/α-hetero) is 1. The van der Waals surface area contributed by atoms with Crippen molar-refractivity contribution in [3.8, 4) is 0 Å². The Labute approximate surface area is 92.4 Å². The van der Waals surface area contributed by atoms with Gasteiger partial charge in [-0.05, 0) is 31.4 Å². The van der Waals surface area contributed by atoms with E-state index in [0.29, 0.717) is 0 Å². The molecule has 16 heavy (non-hydrogen) atoms. The zero-order valence-electron chi connectivity index (χ0n) is 8.80. The van der Waals surface area contributed by atoms with Gasteiger partial charge >= 0.3 is 0 Å². The Balaban J connectivity index is 2.17. The van der Waals surface area contributed by atoms with E-state index < -0.39 is 23.0 Å². The average Bonchev–Trinajstić information content (AvgIpc) is 2.19. The van der Waals surface area contributed by atoms with Crippen molar-refractivity contribution in [1.82, 2.24) is 0 Å². The molecule has 4 heteroatoms. The van der Waals surface area contributed by atoms with Crippen molar-refractivity contribution in [1.29, 1.82) is 0 Å². The second kappa shape index (κ2) is 3.94. The number of benzene rings is 1. The van der Waals surface area contributed by atoms with Gasteiger partial charge in [0.15, 0.2) is 17.4 Å². The van der Waals surface area contributed by atoms with Crippen LogP contribution in [0.3, 0.4) is 0 Å². The molecule has 0 spiro atoms. The number of carbonyl (C=O) groups is 1. The molecule has 0 heterocycles. The van der Waals surface area contributed by atoms with E-state index in [-0.39, 0.29) is 12.0 Å². The zero-order chi connectivity index (χ0) is 11.8. The van der Waals surface area contributed by atoms with Gasteiger partial charge < -0.3 is 5.73 Å². The van der Waals surface area contributed by atoms with Crippen LogP contribution in [-0.2, 0) is 0 Å². The number of hydrogen-bond acceptors (Lipinski definition) is 2. The Morgan fingerprint density at radius 1 is 1.38 bits per heavy atom. The SMILES string of the molecule is NC1(CC(=O)c2cccc(F)c2F)CCC1. The molecule has 0 unspecified atom stereocenters. The van der Waals surface area contributed by atoms with Crippen molar-refractivity contribution in [3.63, 3.8) is 0 Å². The number of rotatable bonds is 3. The normalized spacial score (nSPS) is 17.9. The maximum Gasteiger partial charge on any atom is 0.169 e. The van der Waals surface area contributed by atoms with Crippen molar-refractivity contribution in [2.45, 2.75) is 31.2 Å². The van der Waals surface area contributed by atoms with Crippen molar-refractivity contribution in [2.75, 3.05) is 0 Å². The second-order valence-electron chi connectivity index (χ2n) is 4.42. The number of halogens is 2. The maximum absolute atomic E-state index is 13.3. The molecule has 0 aromatic heterocycles. The monoisotopic (exact) mass is 225 g/mol. The van der Waals surface area contributed by atoms with Gasteiger partial charge in [-0.15, -0.1) is 0 Å². The Morgan fingerprint density at radius 3 is 2.62 bits per heavy atom. The fourth-order valence-electron chi connectivity index (χ4n) is 1.94. The minimum Gasteiger partial charge on any atom is -0.325 e. The van der Waals surface area contributed by atoms with Gasteiger partial charge in [0, 0.05) is 12.0 Å². The number of hydrogen-bond donors (Lipinski definition) is 1. The van der Waals surface area contributed by atoms with Gasteiger partial charge in [0.2, 0.25) is 0 Å². The summed E-state index contributed by atoms with van der Waals surface area (Å²) in [6, 6.07) is 3.62. The fraction of sp³-hybridized carbons (Fsp3) is 0.417. The van der Waals surface area contributed by atoms with Crippen molar-refractivity contribution in [2.24, 2.45) is 5.73 Å². The van der Waals surface area contributed by atoms with E-state index in [9.17, 15) is 13.6 Å². The summed E-state index contributed by atoms with van der Waals surface area (Å²) in [5, 5.41) is 0. The summed E-state index contributed by atoms with van der Waals surface area (Å²) >= 11 is 0. The summed E-state index contributed by atoms with van der Waals surface area (Å²) in [5.41, 5.74) is 5.19. The highest BCUT2D eigenvalue weighted by Crippen LogP contribution is 2.33. The zero-order valence-corrected chi connectivity index (χ0v) is 8.80. The lowest BCUT2D eigenvalue weighted by molar-refractivity contribution is 0.0907. The largest absolute Gasteiger partial charge is 0.325 e. The Hall–Kier alpha value is -1.29. The van der Waals surface area contributed by atoms with Crippen LogP contribution in [0.1, 0.15) is 36.0 Å². The molecule has 2 N–H and O–H groups in total.